The molecule has 1 aliphatic heterocycles. The molecule has 0 radical (unpaired) electrons. The van der Waals surface area contributed by atoms with Crippen LogP contribution >= 0.6 is 0 Å². The lowest BCUT2D eigenvalue weighted by Crippen LogP contribution is -2.38. The van der Waals surface area contributed by atoms with E-state index in [2.05, 4.69) is 9.71 Å². The molecule has 2 aromatic rings. The number of para-hydroxylation sites is 1. The van der Waals surface area contributed by atoms with Gasteiger partial charge < -0.3 is 0 Å². The number of nitrogens with one attached hydrogen (secondary N) is 1. The minimum atomic E-state index is -3.52. The van der Waals surface area contributed by atoms with Gasteiger partial charge in [-0.25, -0.2) is 4.98 Å². The van der Waals surface area contributed by atoms with Crippen molar-refractivity contribution in [2.45, 2.75) is 32.1 Å². The van der Waals surface area contributed by atoms with Crippen LogP contribution in [-0.2, 0) is 10.2 Å². The van der Waals surface area contributed by atoms with Crippen molar-refractivity contribution in [3.05, 3.63) is 36.4 Å². The van der Waals surface area contributed by atoms with Crippen LogP contribution in [0.1, 0.15) is 32.1 Å². The number of nitrogens with zero attached hydrogens (tertiary/aromatic N) is 2. The smallest absolute Gasteiger partial charge is 0.254 e. The van der Waals surface area contributed by atoms with Gasteiger partial charge in [0.2, 0.25) is 0 Å². The predicted molar refractivity (Wildman–Crippen MR) is 88.9 cm³/mol. The van der Waals surface area contributed by atoms with Crippen molar-refractivity contribution < 1.29 is 8.42 Å². The van der Waals surface area contributed by atoms with Crippen molar-refractivity contribution in [3.8, 4) is 0 Å². The Morgan fingerprint density at radius 3 is 2.36 bits per heavy atom. The van der Waals surface area contributed by atoms with Gasteiger partial charge in [0.05, 0.1) is 5.52 Å². The second-order valence-electron chi connectivity index (χ2n) is 5.66. The first-order valence-corrected chi connectivity index (χ1v) is 9.23. The van der Waals surface area contributed by atoms with Gasteiger partial charge in [0, 0.05) is 18.5 Å². The van der Waals surface area contributed by atoms with E-state index in [9.17, 15) is 8.42 Å². The van der Waals surface area contributed by atoms with E-state index in [4.69, 9.17) is 0 Å². The number of rotatable bonds is 3. The highest BCUT2D eigenvalue weighted by Crippen LogP contribution is 2.18. The van der Waals surface area contributed by atoms with E-state index in [0.29, 0.717) is 18.9 Å². The van der Waals surface area contributed by atoms with Gasteiger partial charge in [-0.2, -0.15) is 12.7 Å². The Labute approximate surface area is 131 Å². The average molecular weight is 319 g/mol. The summed E-state index contributed by atoms with van der Waals surface area (Å²) in [6.07, 6.45) is 5.24. The van der Waals surface area contributed by atoms with Gasteiger partial charge in [-0.3, -0.25) is 4.72 Å². The van der Waals surface area contributed by atoms with Crippen molar-refractivity contribution in [3.63, 3.8) is 0 Å². The minimum absolute atomic E-state index is 0.376. The fourth-order valence-corrected chi connectivity index (χ4v) is 4.02. The molecule has 3 rings (SSSR count). The molecule has 2 heterocycles. The van der Waals surface area contributed by atoms with Gasteiger partial charge in [0.25, 0.3) is 0 Å². The zero-order valence-electron chi connectivity index (χ0n) is 12.5. The van der Waals surface area contributed by atoms with E-state index in [-0.39, 0.29) is 0 Å². The summed E-state index contributed by atoms with van der Waals surface area (Å²) in [5.41, 5.74) is 0.787. The number of anilines is 1. The Bertz CT molecular complexity index is 738. The molecule has 1 aromatic heterocycles. The van der Waals surface area contributed by atoms with Gasteiger partial charge in [0.1, 0.15) is 5.82 Å². The first kappa shape index (κ1) is 15.2. The topological polar surface area (TPSA) is 62.3 Å². The highest BCUT2D eigenvalue weighted by atomic mass is 32.2. The summed E-state index contributed by atoms with van der Waals surface area (Å²) in [5.74, 6) is 0.376. The Hall–Kier alpha value is -1.66. The standard InChI is InChI=1S/C16H21N3O2S/c20-22(21,19-12-6-2-1-3-7-13-19)18-16-11-10-14-8-4-5-9-15(14)17-16/h4-5,8-11H,1-3,6-7,12-13H2,(H,17,18). The molecule has 22 heavy (non-hydrogen) atoms. The largest absolute Gasteiger partial charge is 0.302 e. The Balaban J connectivity index is 1.79. The molecule has 5 nitrogen and oxygen atoms in total. The molecule has 1 N–H and O–H groups in total. The van der Waals surface area contributed by atoms with Crippen LogP contribution in [0.25, 0.3) is 10.9 Å². The molecule has 0 spiro atoms. The first-order chi connectivity index (χ1) is 10.6. The fraction of sp³-hybridized carbons (Fsp3) is 0.438. The van der Waals surface area contributed by atoms with Crippen molar-refractivity contribution in [2.24, 2.45) is 0 Å². The third kappa shape index (κ3) is 3.56. The molecular formula is C16H21N3O2S. The van der Waals surface area contributed by atoms with Crippen LogP contribution in [-0.4, -0.2) is 30.8 Å². The summed E-state index contributed by atoms with van der Waals surface area (Å²) in [6, 6.07) is 11.3. The molecule has 0 unspecified atom stereocenters. The summed E-state index contributed by atoms with van der Waals surface area (Å²) in [6.45, 7) is 1.17. The molecule has 0 amide bonds. The van der Waals surface area contributed by atoms with Crippen molar-refractivity contribution in [1.29, 1.82) is 0 Å². The highest BCUT2D eigenvalue weighted by Gasteiger charge is 2.22. The van der Waals surface area contributed by atoms with E-state index < -0.39 is 10.2 Å². The third-order valence-electron chi connectivity index (χ3n) is 3.99. The Kier molecular flexibility index (Phi) is 4.59. The second-order valence-corrected chi connectivity index (χ2v) is 7.33. The van der Waals surface area contributed by atoms with Gasteiger partial charge >= 0.3 is 10.2 Å². The van der Waals surface area contributed by atoms with Crippen LogP contribution in [0.5, 0.6) is 0 Å². The SMILES string of the molecule is O=S(=O)(Nc1ccc2ccccc2n1)N1CCCCCCC1. The second kappa shape index (κ2) is 6.62. The number of aromatic nitrogens is 1. The number of fused-ring (bicyclic) bond motifs is 1. The molecular weight excluding hydrogens is 298 g/mol. The normalized spacial score (nSPS) is 17.8. The van der Waals surface area contributed by atoms with Crippen LogP contribution in [0.2, 0.25) is 0 Å². The molecule has 118 valence electrons. The van der Waals surface area contributed by atoms with Gasteiger partial charge in [-0.1, -0.05) is 37.5 Å². The molecule has 0 saturated carbocycles. The maximum absolute atomic E-state index is 12.5. The maximum atomic E-state index is 12.5. The van der Waals surface area contributed by atoms with Gasteiger partial charge in [-0.15, -0.1) is 0 Å². The maximum Gasteiger partial charge on any atom is 0.302 e. The van der Waals surface area contributed by atoms with Crippen LogP contribution in [0, 0.1) is 0 Å². The quantitative estimate of drug-likeness (QED) is 0.945. The summed E-state index contributed by atoms with van der Waals surface area (Å²) in [7, 11) is -3.52. The van der Waals surface area contributed by atoms with Crippen LogP contribution < -0.4 is 4.72 Å². The van der Waals surface area contributed by atoms with Crippen molar-refractivity contribution in [2.75, 3.05) is 17.8 Å². The average Bonchev–Trinajstić information content (AvgIpc) is 2.46. The highest BCUT2D eigenvalue weighted by molar-refractivity contribution is 7.90. The van der Waals surface area contributed by atoms with E-state index in [1.165, 1.54) is 6.42 Å². The summed E-state index contributed by atoms with van der Waals surface area (Å²) >= 11 is 0. The summed E-state index contributed by atoms with van der Waals surface area (Å²) in [5, 5.41) is 0.997. The fourth-order valence-electron chi connectivity index (χ4n) is 2.78. The molecule has 1 aromatic carbocycles. The Morgan fingerprint density at radius 1 is 0.909 bits per heavy atom. The zero-order chi connectivity index (χ0) is 15.4. The van der Waals surface area contributed by atoms with Crippen LogP contribution in [0.15, 0.2) is 36.4 Å². The predicted octanol–water partition coefficient (Wildman–Crippen LogP) is 3.16. The summed E-state index contributed by atoms with van der Waals surface area (Å²) in [4.78, 5) is 4.38. The first-order valence-electron chi connectivity index (χ1n) is 7.79. The molecule has 1 saturated heterocycles. The van der Waals surface area contributed by atoms with E-state index >= 15 is 0 Å². The van der Waals surface area contributed by atoms with E-state index in [1.54, 1.807) is 10.4 Å². The number of hydrogen-bond donors (Lipinski definition) is 1. The van der Waals surface area contributed by atoms with Gasteiger partial charge in [0.15, 0.2) is 0 Å². The van der Waals surface area contributed by atoms with E-state index in [0.717, 1.165) is 36.6 Å². The zero-order valence-corrected chi connectivity index (χ0v) is 13.3. The number of pyridine rings is 1. The van der Waals surface area contributed by atoms with Crippen LogP contribution in [0.4, 0.5) is 5.82 Å². The molecule has 1 aliphatic rings. The lowest BCUT2D eigenvalue weighted by Gasteiger charge is -2.24. The van der Waals surface area contributed by atoms with Gasteiger partial charge in [-0.05, 0) is 31.0 Å². The lowest BCUT2D eigenvalue weighted by molar-refractivity contribution is 0.366. The summed E-state index contributed by atoms with van der Waals surface area (Å²) < 4.78 is 29.2. The van der Waals surface area contributed by atoms with Crippen molar-refractivity contribution in [1.82, 2.24) is 9.29 Å². The molecule has 0 aliphatic carbocycles. The molecule has 1 fully saturated rings. The van der Waals surface area contributed by atoms with E-state index in [1.807, 2.05) is 30.3 Å². The minimum Gasteiger partial charge on any atom is -0.254 e. The monoisotopic (exact) mass is 319 g/mol. The molecule has 6 heteroatoms. The molecule has 0 bridgehead atoms. The third-order valence-corrected chi connectivity index (χ3v) is 5.50. The number of hydrogen-bond acceptors (Lipinski definition) is 3. The lowest BCUT2D eigenvalue weighted by atomic mass is 10.1. The van der Waals surface area contributed by atoms with Crippen molar-refractivity contribution >= 4 is 26.9 Å². The number of benzene rings is 1. The van der Waals surface area contributed by atoms with Crippen LogP contribution in [0.3, 0.4) is 0 Å². The Morgan fingerprint density at radius 2 is 1.59 bits per heavy atom. The molecule has 0 atom stereocenters.